The van der Waals surface area contributed by atoms with Crippen LogP contribution >= 0.6 is 0 Å². The summed E-state index contributed by atoms with van der Waals surface area (Å²) < 4.78 is 2.04. The van der Waals surface area contributed by atoms with Crippen molar-refractivity contribution in [1.29, 1.82) is 0 Å². The predicted molar refractivity (Wildman–Crippen MR) is 59.2 cm³/mol. The molecule has 0 fully saturated rings. The Morgan fingerprint density at radius 1 is 1.50 bits per heavy atom. The van der Waals surface area contributed by atoms with E-state index in [0.29, 0.717) is 0 Å². The lowest BCUT2D eigenvalue weighted by molar-refractivity contribution is 0.495. The quantitative estimate of drug-likeness (QED) is 0.786. The Morgan fingerprint density at radius 2 is 2.07 bits per heavy atom. The molecule has 0 bridgehead atoms. The molecule has 2 N–H and O–H groups in total. The van der Waals surface area contributed by atoms with Crippen LogP contribution in [-0.4, -0.2) is 9.78 Å². The number of nitrogens with zero attached hydrogens (tertiary/aromatic N) is 2. The molecule has 0 aliphatic rings. The zero-order chi connectivity index (χ0) is 10.9. The Hall–Kier alpha value is -0.830. The van der Waals surface area contributed by atoms with Crippen molar-refractivity contribution in [3.05, 3.63) is 17.5 Å². The van der Waals surface area contributed by atoms with Gasteiger partial charge in [0.15, 0.2) is 0 Å². The van der Waals surface area contributed by atoms with Gasteiger partial charge < -0.3 is 5.73 Å². The molecule has 0 radical (unpaired) electrons. The molecule has 3 heteroatoms. The molecule has 0 aliphatic carbocycles. The number of aryl methyl sites for hydroxylation is 1. The van der Waals surface area contributed by atoms with Gasteiger partial charge in [-0.05, 0) is 19.9 Å². The van der Waals surface area contributed by atoms with Crippen LogP contribution in [0.1, 0.15) is 52.0 Å². The molecule has 1 unspecified atom stereocenters. The standard InChI is InChI=1S/C11H21N3/c1-6-14-10(11(3,4)5)7-9(13-14)8(2)12/h7-8H,6,12H2,1-5H3. The molecule has 0 saturated heterocycles. The molecule has 0 amide bonds. The summed E-state index contributed by atoms with van der Waals surface area (Å²) in [5.74, 6) is 0. The number of nitrogens with two attached hydrogens (primary N) is 1. The zero-order valence-electron chi connectivity index (χ0n) is 9.83. The highest BCUT2D eigenvalue weighted by Crippen LogP contribution is 2.24. The topological polar surface area (TPSA) is 43.8 Å². The van der Waals surface area contributed by atoms with Crippen molar-refractivity contribution in [1.82, 2.24) is 9.78 Å². The van der Waals surface area contributed by atoms with E-state index >= 15 is 0 Å². The maximum Gasteiger partial charge on any atom is 0.0792 e. The van der Waals surface area contributed by atoms with Gasteiger partial charge in [-0.25, -0.2) is 0 Å². The fraction of sp³-hybridized carbons (Fsp3) is 0.727. The van der Waals surface area contributed by atoms with Crippen LogP contribution in [-0.2, 0) is 12.0 Å². The van der Waals surface area contributed by atoms with Crippen molar-refractivity contribution >= 4 is 0 Å². The fourth-order valence-electron chi connectivity index (χ4n) is 1.50. The summed E-state index contributed by atoms with van der Waals surface area (Å²) in [5.41, 5.74) is 8.19. The minimum absolute atomic E-state index is 0.0175. The molecular weight excluding hydrogens is 174 g/mol. The maximum absolute atomic E-state index is 5.82. The molecule has 1 heterocycles. The van der Waals surface area contributed by atoms with Crippen molar-refractivity contribution < 1.29 is 0 Å². The molecule has 14 heavy (non-hydrogen) atoms. The fourth-order valence-corrected chi connectivity index (χ4v) is 1.50. The van der Waals surface area contributed by atoms with E-state index in [1.807, 2.05) is 11.6 Å². The van der Waals surface area contributed by atoms with E-state index in [0.717, 1.165) is 12.2 Å². The van der Waals surface area contributed by atoms with E-state index in [1.165, 1.54) is 5.69 Å². The molecule has 0 saturated carbocycles. The monoisotopic (exact) mass is 195 g/mol. The molecule has 1 atom stereocenters. The summed E-state index contributed by atoms with van der Waals surface area (Å²) in [6.45, 7) is 11.6. The van der Waals surface area contributed by atoms with Gasteiger partial charge in [-0.3, -0.25) is 4.68 Å². The van der Waals surface area contributed by atoms with Crippen LogP contribution in [0, 0.1) is 0 Å². The highest BCUT2D eigenvalue weighted by molar-refractivity contribution is 5.19. The molecule has 0 aliphatic heterocycles. The number of aromatic nitrogens is 2. The first kappa shape index (κ1) is 11.2. The van der Waals surface area contributed by atoms with Crippen LogP contribution in [0.4, 0.5) is 0 Å². The van der Waals surface area contributed by atoms with E-state index in [2.05, 4.69) is 38.9 Å². The van der Waals surface area contributed by atoms with E-state index in [4.69, 9.17) is 5.73 Å². The third kappa shape index (κ3) is 2.15. The van der Waals surface area contributed by atoms with Gasteiger partial charge in [0.2, 0.25) is 0 Å². The first-order valence-electron chi connectivity index (χ1n) is 5.20. The molecule has 3 nitrogen and oxygen atoms in total. The van der Waals surface area contributed by atoms with Gasteiger partial charge in [-0.15, -0.1) is 0 Å². The molecule has 1 rings (SSSR count). The van der Waals surface area contributed by atoms with Crippen molar-refractivity contribution in [2.75, 3.05) is 0 Å². The van der Waals surface area contributed by atoms with Gasteiger partial charge >= 0.3 is 0 Å². The van der Waals surface area contributed by atoms with E-state index < -0.39 is 0 Å². The Labute approximate surface area is 86.3 Å². The van der Waals surface area contributed by atoms with Gasteiger partial charge in [-0.1, -0.05) is 20.8 Å². The average molecular weight is 195 g/mol. The first-order chi connectivity index (χ1) is 6.36. The highest BCUT2D eigenvalue weighted by atomic mass is 15.3. The smallest absolute Gasteiger partial charge is 0.0792 e. The van der Waals surface area contributed by atoms with Crippen molar-refractivity contribution in [2.24, 2.45) is 5.73 Å². The molecular formula is C11H21N3. The Morgan fingerprint density at radius 3 is 2.36 bits per heavy atom. The minimum Gasteiger partial charge on any atom is -0.323 e. The van der Waals surface area contributed by atoms with Crippen LogP contribution in [0.25, 0.3) is 0 Å². The van der Waals surface area contributed by atoms with Crippen molar-refractivity contribution in [2.45, 2.75) is 52.6 Å². The second-order valence-electron chi connectivity index (χ2n) is 4.81. The molecule has 0 spiro atoms. The van der Waals surface area contributed by atoms with Gasteiger partial charge in [-0.2, -0.15) is 5.10 Å². The summed E-state index contributed by atoms with van der Waals surface area (Å²) in [6, 6.07) is 2.14. The second kappa shape index (κ2) is 3.73. The molecule has 0 aromatic carbocycles. The number of hydrogen-bond donors (Lipinski definition) is 1. The minimum atomic E-state index is 0.0175. The summed E-state index contributed by atoms with van der Waals surface area (Å²) >= 11 is 0. The molecule has 80 valence electrons. The van der Waals surface area contributed by atoms with Gasteiger partial charge in [0.25, 0.3) is 0 Å². The third-order valence-corrected chi connectivity index (χ3v) is 2.33. The van der Waals surface area contributed by atoms with Crippen LogP contribution < -0.4 is 5.73 Å². The van der Waals surface area contributed by atoms with E-state index in [-0.39, 0.29) is 11.5 Å². The Bertz CT molecular complexity index is 305. The van der Waals surface area contributed by atoms with Crippen LogP contribution in [0.3, 0.4) is 0 Å². The van der Waals surface area contributed by atoms with Gasteiger partial charge in [0.1, 0.15) is 0 Å². The molecule has 1 aromatic heterocycles. The zero-order valence-corrected chi connectivity index (χ0v) is 9.83. The average Bonchev–Trinajstić information content (AvgIpc) is 2.46. The van der Waals surface area contributed by atoms with Crippen molar-refractivity contribution in [3.63, 3.8) is 0 Å². The largest absolute Gasteiger partial charge is 0.323 e. The normalized spacial score (nSPS) is 14.4. The van der Waals surface area contributed by atoms with Crippen LogP contribution in [0.15, 0.2) is 6.07 Å². The van der Waals surface area contributed by atoms with E-state index in [9.17, 15) is 0 Å². The summed E-state index contributed by atoms with van der Waals surface area (Å²) in [5, 5.41) is 4.49. The third-order valence-electron chi connectivity index (χ3n) is 2.33. The van der Waals surface area contributed by atoms with Gasteiger partial charge in [0, 0.05) is 23.7 Å². The Kier molecular flexibility index (Phi) is 3.00. The van der Waals surface area contributed by atoms with Crippen LogP contribution in [0.5, 0.6) is 0 Å². The Balaban J connectivity index is 3.16. The SMILES string of the molecule is CCn1nc(C(C)N)cc1C(C)(C)C. The predicted octanol–water partition coefficient (Wildman–Crippen LogP) is 2.22. The first-order valence-corrected chi connectivity index (χ1v) is 5.20. The van der Waals surface area contributed by atoms with Gasteiger partial charge in [0.05, 0.1) is 5.69 Å². The van der Waals surface area contributed by atoms with E-state index in [1.54, 1.807) is 0 Å². The number of hydrogen-bond acceptors (Lipinski definition) is 2. The lowest BCUT2D eigenvalue weighted by Crippen LogP contribution is -2.17. The lowest BCUT2D eigenvalue weighted by atomic mass is 9.91. The number of rotatable bonds is 2. The van der Waals surface area contributed by atoms with Crippen molar-refractivity contribution in [3.8, 4) is 0 Å². The lowest BCUT2D eigenvalue weighted by Gasteiger charge is -2.19. The summed E-state index contributed by atoms with van der Waals surface area (Å²) in [6.07, 6.45) is 0. The van der Waals surface area contributed by atoms with Crippen LogP contribution in [0.2, 0.25) is 0 Å². The molecule has 1 aromatic rings. The summed E-state index contributed by atoms with van der Waals surface area (Å²) in [4.78, 5) is 0. The maximum atomic E-state index is 5.82. The summed E-state index contributed by atoms with van der Waals surface area (Å²) in [7, 11) is 0. The highest BCUT2D eigenvalue weighted by Gasteiger charge is 2.20. The second-order valence-corrected chi connectivity index (χ2v) is 4.81.